The molecule has 0 fully saturated rings. The third kappa shape index (κ3) is 3.31. The molecule has 0 unspecified atom stereocenters. The summed E-state index contributed by atoms with van der Waals surface area (Å²) >= 11 is 6.14. The lowest BCUT2D eigenvalue weighted by atomic mass is 10.1. The van der Waals surface area contributed by atoms with E-state index >= 15 is 0 Å². The highest BCUT2D eigenvalue weighted by atomic mass is 35.5. The van der Waals surface area contributed by atoms with Gasteiger partial charge in [0.05, 0.1) is 11.3 Å². The van der Waals surface area contributed by atoms with E-state index < -0.39 is 0 Å². The van der Waals surface area contributed by atoms with Crippen molar-refractivity contribution in [3.8, 4) is 11.4 Å². The molecule has 1 aliphatic rings. The summed E-state index contributed by atoms with van der Waals surface area (Å²) in [6.07, 6.45) is 5.79. The van der Waals surface area contributed by atoms with E-state index in [2.05, 4.69) is 24.8 Å². The summed E-state index contributed by atoms with van der Waals surface area (Å²) in [6.45, 7) is 2.03. The van der Waals surface area contributed by atoms with Gasteiger partial charge in [0.1, 0.15) is 11.0 Å². The number of fused-ring (bicyclic) bond motifs is 1. The first-order chi connectivity index (χ1) is 12.2. The highest BCUT2D eigenvalue weighted by Crippen LogP contribution is 2.21. The van der Waals surface area contributed by atoms with Gasteiger partial charge >= 0.3 is 0 Å². The van der Waals surface area contributed by atoms with E-state index in [9.17, 15) is 4.79 Å². The maximum absolute atomic E-state index is 12.5. The largest absolute Gasteiger partial charge is 0.306 e. The van der Waals surface area contributed by atoms with Crippen molar-refractivity contribution < 1.29 is 0 Å². The number of aromatic amines is 1. The zero-order valence-electron chi connectivity index (χ0n) is 13.4. The van der Waals surface area contributed by atoms with Crippen molar-refractivity contribution in [2.75, 3.05) is 6.54 Å². The van der Waals surface area contributed by atoms with Gasteiger partial charge in [0, 0.05) is 55.8 Å². The molecular weight excluding hydrogens is 338 g/mol. The number of pyridine rings is 2. The molecule has 0 aromatic carbocycles. The van der Waals surface area contributed by atoms with Gasteiger partial charge in [-0.2, -0.15) is 0 Å². The second-order valence-corrected chi connectivity index (χ2v) is 6.35. The Morgan fingerprint density at radius 3 is 2.92 bits per heavy atom. The van der Waals surface area contributed by atoms with E-state index in [-0.39, 0.29) is 5.56 Å². The Kier molecular flexibility index (Phi) is 4.29. The topological polar surface area (TPSA) is 74.8 Å². The van der Waals surface area contributed by atoms with Gasteiger partial charge in [-0.25, -0.2) is 9.97 Å². The smallest absolute Gasteiger partial charge is 0.255 e. The first kappa shape index (κ1) is 15.9. The van der Waals surface area contributed by atoms with Crippen LogP contribution in [0.1, 0.15) is 16.8 Å². The molecular formula is C18H16ClN5O. The average molecular weight is 354 g/mol. The van der Waals surface area contributed by atoms with Crippen molar-refractivity contribution >= 4 is 11.6 Å². The molecule has 4 rings (SSSR count). The molecule has 0 aliphatic carbocycles. The lowest BCUT2D eigenvalue weighted by molar-refractivity contribution is 0.241. The third-order valence-corrected chi connectivity index (χ3v) is 4.65. The molecule has 6 nitrogen and oxygen atoms in total. The molecule has 0 saturated heterocycles. The zero-order valence-corrected chi connectivity index (χ0v) is 14.2. The monoisotopic (exact) mass is 353 g/mol. The Balaban J connectivity index is 1.60. The van der Waals surface area contributed by atoms with Gasteiger partial charge in [0.2, 0.25) is 0 Å². The predicted octanol–water partition coefficient (Wildman–Crippen LogP) is 2.44. The van der Waals surface area contributed by atoms with Crippen LogP contribution in [0, 0.1) is 0 Å². The number of hydrogen-bond acceptors (Lipinski definition) is 5. The normalized spacial score (nSPS) is 14.3. The van der Waals surface area contributed by atoms with Gasteiger partial charge in [-0.05, 0) is 18.2 Å². The SMILES string of the molecule is O=c1[nH]c(-c2cccnc2)nc2c1CN(Cc1cccnc1Cl)CC2. The van der Waals surface area contributed by atoms with Crippen LogP contribution in [0.2, 0.25) is 5.15 Å². The van der Waals surface area contributed by atoms with E-state index in [0.29, 0.717) is 24.1 Å². The standard InChI is InChI=1S/C18H16ClN5O/c19-16-13(4-2-7-21-16)10-24-8-5-15-14(11-24)18(25)23-17(22-15)12-3-1-6-20-9-12/h1-4,6-7,9H,5,8,10-11H2,(H,22,23,25). The molecule has 1 N–H and O–H groups in total. The second kappa shape index (κ2) is 6.74. The van der Waals surface area contributed by atoms with Crippen molar-refractivity contribution in [1.29, 1.82) is 0 Å². The lowest BCUT2D eigenvalue weighted by Crippen LogP contribution is -2.35. The minimum absolute atomic E-state index is 0.0918. The van der Waals surface area contributed by atoms with Gasteiger partial charge in [-0.3, -0.25) is 14.7 Å². The minimum Gasteiger partial charge on any atom is -0.306 e. The second-order valence-electron chi connectivity index (χ2n) is 6.00. The van der Waals surface area contributed by atoms with Crippen LogP contribution in [0.5, 0.6) is 0 Å². The molecule has 0 spiro atoms. The van der Waals surface area contributed by atoms with Crippen LogP contribution in [0.15, 0.2) is 47.7 Å². The highest BCUT2D eigenvalue weighted by Gasteiger charge is 2.22. The van der Waals surface area contributed by atoms with E-state index in [1.165, 1.54) is 0 Å². The van der Waals surface area contributed by atoms with Crippen LogP contribution in [-0.4, -0.2) is 31.4 Å². The Hall–Kier alpha value is -2.57. The molecule has 0 amide bonds. The quantitative estimate of drug-likeness (QED) is 0.732. The molecule has 0 radical (unpaired) electrons. The molecule has 1 aliphatic heterocycles. The maximum Gasteiger partial charge on any atom is 0.255 e. The molecule has 0 saturated carbocycles. The average Bonchev–Trinajstić information content (AvgIpc) is 2.65. The molecule has 3 aromatic rings. The highest BCUT2D eigenvalue weighted by molar-refractivity contribution is 6.30. The fraction of sp³-hybridized carbons (Fsp3) is 0.222. The number of nitrogens with zero attached hydrogens (tertiary/aromatic N) is 4. The molecule has 25 heavy (non-hydrogen) atoms. The summed E-state index contributed by atoms with van der Waals surface area (Å²) in [5, 5.41) is 0.507. The van der Waals surface area contributed by atoms with Gasteiger partial charge < -0.3 is 4.98 Å². The van der Waals surface area contributed by atoms with E-state index in [0.717, 1.165) is 35.3 Å². The van der Waals surface area contributed by atoms with Gasteiger partial charge in [0.25, 0.3) is 5.56 Å². The Morgan fingerprint density at radius 1 is 1.24 bits per heavy atom. The number of aromatic nitrogens is 4. The third-order valence-electron chi connectivity index (χ3n) is 4.31. The molecule has 4 heterocycles. The van der Waals surface area contributed by atoms with Crippen molar-refractivity contribution in [2.24, 2.45) is 0 Å². The van der Waals surface area contributed by atoms with Crippen LogP contribution in [0.3, 0.4) is 0 Å². The van der Waals surface area contributed by atoms with Crippen LogP contribution in [0.25, 0.3) is 11.4 Å². The van der Waals surface area contributed by atoms with Crippen molar-refractivity contribution in [3.05, 3.63) is 75.2 Å². The maximum atomic E-state index is 12.5. The summed E-state index contributed by atoms with van der Waals surface area (Å²) in [4.78, 5) is 30.4. The van der Waals surface area contributed by atoms with Crippen LogP contribution >= 0.6 is 11.6 Å². The Bertz CT molecular complexity index is 957. The van der Waals surface area contributed by atoms with Crippen LogP contribution in [-0.2, 0) is 19.5 Å². The molecule has 0 atom stereocenters. The fourth-order valence-electron chi connectivity index (χ4n) is 3.03. The molecule has 3 aromatic heterocycles. The molecule has 0 bridgehead atoms. The summed E-state index contributed by atoms with van der Waals surface area (Å²) < 4.78 is 0. The number of nitrogens with one attached hydrogen (secondary N) is 1. The zero-order chi connectivity index (χ0) is 17.2. The van der Waals surface area contributed by atoms with Crippen molar-refractivity contribution in [3.63, 3.8) is 0 Å². The number of rotatable bonds is 3. The number of halogens is 1. The number of H-pyrrole nitrogens is 1. The van der Waals surface area contributed by atoms with Crippen molar-refractivity contribution in [1.82, 2.24) is 24.8 Å². The number of hydrogen-bond donors (Lipinski definition) is 1. The summed E-state index contributed by atoms with van der Waals surface area (Å²) in [5.74, 6) is 0.570. The van der Waals surface area contributed by atoms with E-state index in [1.807, 2.05) is 24.3 Å². The Labute approximate surface area is 149 Å². The molecule has 126 valence electrons. The molecule has 7 heteroatoms. The first-order valence-electron chi connectivity index (χ1n) is 8.05. The van der Waals surface area contributed by atoms with Crippen LogP contribution in [0.4, 0.5) is 0 Å². The minimum atomic E-state index is -0.0918. The van der Waals surface area contributed by atoms with Gasteiger partial charge in [-0.15, -0.1) is 0 Å². The lowest BCUT2D eigenvalue weighted by Gasteiger charge is -2.27. The Morgan fingerprint density at radius 2 is 2.12 bits per heavy atom. The van der Waals surface area contributed by atoms with Gasteiger partial charge in [0.15, 0.2) is 0 Å². The van der Waals surface area contributed by atoms with E-state index in [4.69, 9.17) is 11.6 Å². The first-order valence-corrected chi connectivity index (χ1v) is 8.43. The van der Waals surface area contributed by atoms with E-state index in [1.54, 1.807) is 18.6 Å². The summed E-state index contributed by atoms with van der Waals surface area (Å²) in [6, 6.07) is 7.54. The van der Waals surface area contributed by atoms with Crippen LogP contribution < -0.4 is 5.56 Å². The fourth-order valence-corrected chi connectivity index (χ4v) is 3.21. The predicted molar refractivity (Wildman–Crippen MR) is 95.2 cm³/mol. The van der Waals surface area contributed by atoms with Gasteiger partial charge in [-0.1, -0.05) is 17.7 Å². The summed E-state index contributed by atoms with van der Waals surface area (Å²) in [5.41, 5.74) is 3.26. The summed E-state index contributed by atoms with van der Waals surface area (Å²) in [7, 11) is 0. The van der Waals surface area contributed by atoms with Crippen molar-refractivity contribution in [2.45, 2.75) is 19.5 Å².